The van der Waals surface area contributed by atoms with E-state index in [9.17, 15) is 14.4 Å². The van der Waals surface area contributed by atoms with Crippen molar-refractivity contribution in [2.24, 2.45) is 0 Å². The molecule has 0 bridgehead atoms. The van der Waals surface area contributed by atoms with Gasteiger partial charge in [0.2, 0.25) is 0 Å². The Kier molecular flexibility index (Phi) is 10.4. The number of carbonyl (C=O) groups excluding carboxylic acids is 3. The molecular formula is C23H30O6. The van der Waals surface area contributed by atoms with Crippen molar-refractivity contribution in [2.75, 3.05) is 6.61 Å². The first-order valence-electron chi connectivity index (χ1n) is 9.82. The Hall–Kier alpha value is -2.89. The highest BCUT2D eigenvalue weighted by Gasteiger charge is 2.16. The molecule has 0 N–H and O–H groups in total. The molecule has 0 heterocycles. The lowest BCUT2D eigenvalue weighted by molar-refractivity contribution is -0.130. The minimum Gasteiger partial charge on any atom is -0.462 e. The molecule has 29 heavy (non-hydrogen) atoms. The van der Waals surface area contributed by atoms with Gasteiger partial charge in [0, 0.05) is 17.2 Å². The van der Waals surface area contributed by atoms with Gasteiger partial charge >= 0.3 is 17.9 Å². The van der Waals surface area contributed by atoms with Crippen LogP contribution in [-0.2, 0) is 14.3 Å². The summed E-state index contributed by atoms with van der Waals surface area (Å²) in [6.07, 6.45) is 6.44. The van der Waals surface area contributed by atoms with Crippen LogP contribution in [0.5, 0.6) is 11.5 Å². The molecule has 0 amide bonds. The highest BCUT2D eigenvalue weighted by molar-refractivity contribution is 5.93. The number of hydrogen-bond acceptors (Lipinski definition) is 6. The van der Waals surface area contributed by atoms with E-state index in [1.165, 1.54) is 51.3 Å². The van der Waals surface area contributed by atoms with Crippen LogP contribution in [0.2, 0.25) is 0 Å². The smallest absolute Gasteiger partial charge is 0.338 e. The number of hydrogen-bond donors (Lipinski definition) is 0. The number of carbonyl (C=O) groups is 3. The third kappa shape index (κ3) is 9.23. The van der Waals surface area contributed by atoms with E-state index in [4.69, 9.17) is 14.2 Å². The first kappa shape index (κ1) is 24.1. The van der Waals surface area contributed by atoms with E-state index < -0.39 is 17.9 Å². The van der Waals surface area contributed by atoms with Crippen LogP contribution in [0.15, 0.2) is 42.5 Å². The molecule has 0 atom stereocenters. The lowest BCUT2D eigenvalue weighted by Crippen LogP contribution is -2.12. The van der Waals surface area contributed by atoms with Crippen molar-refractivity contribution in [3.05, 3.63) is 48.1 Å². The number of ether oxygens (including phenoxy) is 3. The monoisotopic (exact) mass is 402 g/mol. The van der Waals surface area contributed by atoms with Crippen LogP contribution in [0.4, 0.5) is 0 Å². The average molecular weight is 402 g/mol. The quantitative estimate of drug-likeness (QED) is 0.208. The molecule has 0 saturated heterocycles. The second kappa shape index (κ2) is 12.5. The standard InChI is InChI=1S/C23H30O6/c1-6-7-8-9-10-11-12-27-23(26)18-13-19(28-21(24)16(2)3)15-20(14-18)29-22(25)17(4)5/h13-15H,2,4,6-12H2,1,3,5H3. The van der Waals surface area contributed by atoms with E-state index in [0.717, 1.165) is 19.3 Å². The van der Waals surface area contributed by atoms with Gasteiger partial charge in [-0.3, -0.25) is 0 Å². The molecular weight excluding hydrogens is 372 g/mol. The molecule has 0 spiro atoms. The maximum Gasteiger partial charge on any atom is 0.338 e. The summed E-state index contributed by atoms with van der Waals surface area (Å²) in [6.45, 7) is 12.5. The second-order valence-corrected chi connectivity index (χ2v) is 6.94. The first-order chi connectivity index (χ1) is 13.7. The van der Waals surface area contributed by atoms with Gasteiger partial charge in [-0.15, -0.1) is 0 Å². The third-order valence-corrected chi connectivity index (χ3v) is 3.96. The van der Waals surface area contributed by atoms with E-state index in [0.29, 0.717) is 6.61 Å². The molecule has 0 fully saturated rings. The largest absolute Gasteiger partial charge is 0.462 e. The van der Waals surface area contributed by atoms with Crippen LogP contribution in [0.1, 0.15) is 69.7 Å². The maximum atomic E-state index is 12.4. The summed E-state index contributed by atoms with van der Waals surface area (Å²) >= 11 is 0. The average Bonchev–Trinajstić information content (AvgIpc) is 2.66. The predicted octanol–water partition coefficient (Wildman–Crippen LogP) is 5.17. The van der Waals surface area contributed by atoms with E-state index in [1.807, 2.05) is 0 Å². The Morgan fingerprint density at radius 3 is 1.76 bits per heavy atom. The van der Waals surface area contributed by atoms with Crippen LogP contribution in [0, 0.1) is 0 Å². The molecule has 1 rings (SSSR count). The zero-order valence-electron chi connectivity index (χ0n) is 17.5. The van der Waals surface area contributed by atoms with Crippen molar-refractivity contribution in [1.29, 1.82) is 0 Å². The summed E-state index contributed by atoms with van der Waals surface area (Å²) in [5, 5.41) is 0. The van der Waals surface area contributed by atoms with Crippen molar-refractivity contribution in [3.8, 4) is 11.5 Å². The van der Waals surface area contributed by atoms with Crippen molar-refractivity contribution >= 4 is 17.9 Å². The van der Waals surface area contributed by atoms with Gasteiger partial charge in [0.05, 0.1) is 12.2 Å². The van der Waals surface area contributed by atoms with E-state index in [2.05, 4.69) is 20.1 Å². The predicted molar refractivity (Wildman–Crippen MR) is 111 cm³/mol. The highest BCUT2D eigenvalue weighted by atomic mass is 16.5. The maximum absolute atomic E-state index is 12.4. The van der Waals surface area contributed by atoms with E-state index >= 15 is 0 Å². The Labute approximate surface area is 172 Å². The molecule has 6 heteroatoms. The van der Waals surface area contributed by atoms with Gasteiger partial charge in [-0.1, -0.05) is 52.2 Å². The van der Waals surface area contributed by atoms with Crippen LogP contribution in [0.25, 0.3) is 0 Å². The number of rotatable bonds is 12. The number of esters is 3. The fraction of sp³-hybridized carbons (Fsp3) is 0.435. The molecule has 1 aromatic rings. The van der Waals surface area contributed by atoms with Crippen molar-refractivity contribution < 1.29 is 28.6 Å². The molecule has 1 aromatic carbocycles. The van der Waals surface area contributed by atoms with Crippen LogP contribution in [-0.4, -0.2) is 24.5 Å². The summed E-state index contributed by atoms with van der Waals surface area (Å²) in [5.41, 5.74) is 0.510. The van der Waals surface area contributed by atoms with E-state index in [-0.39, 0.29) is 28.2 Å². The van der Waals surface area contributed by atoms with Gasteiger partial charge in [0.1, 0.15) is 11.5 Å². The Balaban J connectivity index is 2.83. The number of benzene rings is 1. The fourth-order valence-electron chi connectivity index (χ4n) is 2.33. The Morgan fingerprint density at radius 2 is 1.28 bits per heavy atom. The zero-order chi connectivity index (χ0) is 21.8. The van der Waals surface area contributed by atoms with Gasteiger partial charge in [0.15, 0.2) is 0 Å². The van der Waals surface area contributed by atoms with Crippen LogP contribution < -0.4 is 9.47 Å². The number of unbranched alkanes of at least 4 members (excludes halogenated alkanes) is 5. The fourth-order valence-corrected chi connectivity index (χ4v) is 2.33. The lowest BCUT2D eigenvalue weighted by Gasteiger charge is -2.11. The molecule has 0 aliphatic heterocycles. The molecule has 0 aromatic heterocycles. The van der Waals surface area contributed by atoms with Crippen molar-refractivity contribution in [1.82, 2.24) is 0 Å². The normalized spacial score (nSPS) is 10.2. The SMILES string of the molecule is C=C(C)C(=O)Oc1cc(OC(=O)C(=C)C)cc(C(=O)OCCCCCCCC)c1. The van der Waals surface area contributed by atoms with Gasteiger partial charge < -0.3 is 14.2 Å². The van der Waals surface area contributed by atoms with Crippen LogP contribution in [0.3, 0.4) is 0 Å². The molecule has 0 saturated carbocycles. The molecule has 6 nitrogen and oxygen atoms in total. The van der Waals surface area contributed by atoms with Crippen LogP contribution >= 0.6 is 0 Å². The minimum absolute atomic E-state index is 0.0523. The molecule has 0 aliphatic rings. The zero-order valence-corrected chi connectivity index (χ0v) is 17.5. The summed E-state index contributed by atoms with van der Waals surface area (Å²) in [4.78, 5) is 36.0. The molecule has 158 valence electrons. The van der Waals surface area contributed by atoms with Crippen molar-refractivity contribution in [3.63, 3.8) is 0 Å². The third-order valence-electron chi connectivity index (χ3n) is 3.96. The lowest BCUT2D eigenvalue weighted by atomic mass is 10.1. The van der Waals surface area contributed by atoms with E-state index in [1.54, 1.807) is 0 Å². The summed E-state index contributed by atoms with van der Waals surface area (Å²) in [6, 6.07) is 4.07. The highest BCUT2D eigenvalue weighted by Crippen LogP contribution is 2.25. The van der Waals surface area contributed by atoms with Crippen molar-refractivity contribution in [2.45, 2.75) is 59.3 Å². The minimum atomic E-state index is -0.653. The second-order valence-electron chi connectivity index (χ2n) is 6.94. The Morgan fingerprint density at radius 1 is 0.793 bits per heavy atom. The molecule has 0 aliphatic carbocycles. The summed E-state index contributed by atoms with van der Waals surface area (Å²) < 4.78 is 15.6. The molecule has 0 unspecified atom stereocenters. The van der Waals surface area contributed by atoms with Gasteiger partial charge in [-0.25, -0.2) is 14.4 Å². The molecule has 0 radical (unpaired) electrons. The van der Waals surface area contributed by atoms with Gasteiger partial charge in [0.25, 0.3) is 0 Å². The Bertz CT molecular complexity index is 716. The first-order valence-corrected chi connectivity index (χ1v) is 9.82. The summed E-state index contributed by atoms with van der Waals surface area (Å²) in [5.74, 6) is -1.79. The van der Waals surface area contributed by atoms with Gasteiger partial charge in [-0.2, -0.15) is 0 Å². The summed E-state index contributed by atoms with van der Waals surface area (Å²) in [7, 11) is 0. The topological polar surface area (TPSA) is 78.9 Å². The van der Waals surface area contributed by atoms with Gasteiger partial charge in [-0.05, 0) is 32.4 Å².